The van der Waals surface area contributed by atoms with Crippen LogP contribution >= 0.6 is 0 Å². The molecule has 0 N–H and O–H groups in total. The van der Waals surface area contributed by atoms with Crippen molar-refractivity contribution in [2.75, 3.05) is 0 Å². The van der Waals surface area contributed by atoms with Gasteiger partial charge in [0.2, 0.25) is 0 Å². The third-order valence-electron chi connectivity index (χ3n) is 5.22. The first-order valence-electron chi connectivity index (χ1n) is 9.09. The zero-order valence-electron chi connectivity index (χ0n) is 15.4. The van der Waals surface area contributed by atoms with E-state index in [1.165, 1.54) is 18.2 Å². The first-order chi connectivity index (χ1) is 13.9. The van der Waals surface area contributed by atoms with Crippen LogP contribution in [0, 0.1) is 5.82 Å². The highest BCUT2D eigenvalue weighted by Gasteiger charge is 2.41. The second-order valence-electron chi connectivity index (χ2n) is 7.22. The smallest absolute Gasteiger partial charge is 0.351 e. The number of hydrogen-bond acceptors (Lipinski definition) is 5. The summed E-state index contributed by atoms with van der Waals surface area (Å²) in [6.45, 7) is 1.78. The molecule has 1 atom stereocenters. The third-order valence-corrected chi connectivity index (χ3v) is 5.22. The molecule has 0 bridgehead atoms. The maximum Gasteiger partial charge on any atom is 0.351 e. The van der Waals surface area contributed by atoms with Crippen molar-refractivity contribution in [2.45, 2.75) is 18.9 Å². The van der Waals surface area contributed by atoms with Gasteiger partial charge in [0.1, 0.15) is 28.3 Å². The van der Waals surface area contributed by atoms with Gasteiger partial charge < -0.3 is 13.6 Å². The van der Waals surface area contributed by atoms with Crippen molar-refractivity contribution < 1.29 is 18.0 Å². The molecular formula is C23H15FO5. The van der Waals surface area contributed by atoms with Gasteiger partial charge in [-0.05, 0) is 24.6 Å². The van der Waals surface area contributed by atoms with E-state index in [1.54, 1.807) is 31.2 Å². The van der Waals surface area contributed by atoms with Crippen molar-refractivity contribution in [2.24, 2.45) is 0 Å². The standard InChI is InChI=1S/C23H15FO5/c1-23(14-7-9-15(24)10-8-14)12-16-20(29-23)19-18(28-21(16)25)11-17(27-22(19)26)13-5-3-2-4-6-13/h2-11H,12H2,1H3. The van der Waals surface area contributed by atoms with E-state index >= 15 is 0 Å². The monoisotopic (exact) mass is 390 g/mol. The number of ether oxygens (including phenoxy) is 1. The van der Waals surface area contributed by atoms with Crippen LogP contribution in [0.1, 0.15) is 18.1 Å². The zero-order chi connectivity index (χ0) is 20.2. The average Bonchev–Trinajstić information content (AvgIpc) is 3.08. The molecule has 0 amide bonds. The van der Waals surface area contributed by atoms with Crippen LogP contribution in [-0.4, -0.2) is 0 Å². The van der Waals surface area contributed by atoms with Gasteiger partial charge in [-0.3, -0.25) is 0 Å². The van der Waals surface area contributed by atoms with Crippen LogP contribution in [0.25, 0.3) is 22.3 Å². The van der Waals surface area contributed by atoms with Gasteiger partial charge in [-0.2, -0.15) is 0 Å². The van der Waals surface area contributed by atoms with E-state index in [4.69, 9.17) is 13.6 Å². The Balaban J connectivity index is 1.69. The Hall–Kier alpha value is -3.67. The average molecular weight is 390 g/mol. The number of halogens is 1. The van der Waals surface area contributed by atoms with E-state index in [-0.39, 0.29) is 34.5 Å². The van der Waals surface area contributed by atoms with Crippen LogP contribution in [-0.2, 0) is 12.0 Å². The molecule has 6 heteroatoms. The molecule has 0 saturated heterocycles. The first-order valence-corrected chi connectivity index (χ1v) is 9.09. The van der Waals surface area contributed by atoms with Gasteiger partial charge in [-0.25, -0.2) is 14.0 Å². The summed E-state index contributed by atoms with van der Waals surface area (Å²) in [6.07, 6.45) is 0.201. The number of rotatable bonds is 2. The Morgan fingerprint density at radius 1 is 0.931 bits per heavy atom. The Labute approximate surface area is 164 Å². The number of hydrogen-bond donors (Lipinski definition) is 0. The quantitative estimate of drug-likeness (QED) is 0.507. The molecule has 144 valence electrons. The molecule has 5 nitrogen and oxygen atoms in total. The number of fused-ring (bicyclic) bond motifs is 3. The summed E-state index contributed by atoms with van der Waals surface area (Å²) >= 11 is 0. The molecule has 1 aliphatic heterocycles. The summed E-state index contributed by atoms with van der Waals surface area (Å²) in [5.74, 6) is 0.0915. The summed E-state index contributed by atoms with van der Waals surface area (Å²) in [7, 11) is 0. The maximum absolute atomic E-state index is 13.3. The largest absolute Gasteiger partial charge is 0.481 e. The van der Waals surface area contributed by atoms with Crippen LogP contribution in [0.2, 0.25) is 0 Å². The van der Waals surface area contributed by atoms with Crippen LogP contribution < -0.4 is 16.0 Å². The van der Waals surface area contributed by atoms with Crippen LogP contribution in [0.15, 0.2) is 79.1 Å². The third kappa shape index (κ3) is 2.76. The van der Waals surface area contributed by atoms with Gasteiger partial charge in [0.25, 0.3) is 0 Å². The van der Waals surface area contributed by atoms with Gasteiger partial charge in [-0.15, -0.1) is 0 Å². The van der Waals surface area contributed by atoms with E-state index in [1.807, 2.05) is 18.2 Å². The lowest BCUT2D eigenvalue weighted by molar-refractivity contribution is 0.117. The minimum atomic E-state index is -0.927. The van der Waals surface area contributed by atoms with Gasteiger partial charge in [0.15, 0.2) is 5.58 Å². The molecule has 0 radical (unpaired) electrons. The van der Waals surface area contributed by atoms with Crippen LogP contribution in [0.5, 0.6) is 5.75 Å². The fourth-order valence-electron chi connectivity index (χ4n) is 3.73. The Morgan fingerprint density at radius 3 is 2.38 bits per heavy atom. The Kier molecular flexibility index (Phi) is 3.71. The fourth-order valence-corrected chi connectivity index (χ4v) is 3.73. The molecule has 0 saturated carbocycles. The molecule has 1 aliphatic rings. The lowest BCUT2D eigenvalue weighted by atomic mass is 9.91. The van der Waals surface area contributed by atoms with Crippen molar-refractivity contribution in [1.82, 2.24) is 0 Å². The SMILES string of the molecule is CC1(c2ccc(F)cc2)Cc2c(c3c(=O)oc(-c4ccccc4)cc3oc2=O)O1. The van der Waals surface area contributed by atoms with Crippen molar-refractivity contribution in [3.63, 3.8) is 0 Å². The predicted molar refractivity (Wildman–Crippen MR) is 105 cm³/mol. The highest BCUT2D eigenvalue weighted by atomic mass is 19.1. The lowest BCUT2D eigenvalue weighted by Gasteiger charge is -2.24. The van der Waals surface area contributed by atoms with Gasteiger partial charge >= 0.3 is 11.3 Å². The molecule has 0 aliphatic carbocycles. The molecule has 4 aromatic rings. The topological polar surface area (TPSA) is 69.7 Å². The van der Waals surface area contributed by atoms with E-state index in [9.17, 15) is 14.0 Å². The summed E-state index contributed by atoms with van der Waals surface area (Å²) in [5.41, 5.74) is -0.396. The Bertz CT molecular complexity index is 1350. The Morgan fingerprint density at radius 2 is 1.66 bits per heavy atom. The summed E-state index contributed by atoms with van der Waals surface area (Å²) in [5, 5.41) is 0.0881. The summed E-state index contributed by atoms with van der Waals surface area (Å²) < 4.78 is 30.3. The molecule has 2 aromatic carbocycles. The molecule has 29 heavy (non-hydrogen) atoms. The van der Waals surface area contributed by atoms with Crippen molar-refractivity contribution in [1.29, 1.82) is 0 Å². The minimum absolute atomic E-state index is 0.0881. The highest BCUT2D eigenvalue weighted by Crippen LogP contribution is 2.43. The van der Waals surface area contributed by atoms with E-state index < -0.39 is 16.9 Å². The maximum atomic E-state index is 13.3. The van der Waals surface area contributed by atoms with Crippen molar-refractivity contribution >= 4 is 11.0 Å². The molecular weight excluding hydrogens is 375 g/mol. The molecule has 3 heterocycles. The lowest BCUT2D eigenvalue weighted by Crippen LogP contribution is -2.27. The molecule has 2 aromatic heterocycles. The van der Waals surface area contributed by atoms with E-state index in [0.717, 1.165) is 0 Å². The summed E-state index contributed by atoms with van der Waals surface area (Å²) in [6, 6.07) is 16.4. The van der Waals surface area contributed by atoms with Gasteiger partial charge in [-0.1, -0.05) is 42.5 Å². The van der Waals surface area contributed by atoms with Crippen LogP contribution in [0.4, 0.5) is 4.39 Å². The second kappa shape index (κ2) is 6.17. The second-order valence-corrected chi connectivity index (χ2v) is 7.22. The van der Waals surface area contributed by atoms with Crippen molar-refractivity contribution in [3.05, 3.63) is 98.4 Å². The van der Waals surface area contributed by atoms with Crippen LogP contribution in [0.3, 0.4) is 0 Å². The predicted octanol–water partition coefficient (Wildman–Crippen LogP) is 4.40. The highest BCUT2D eigenvalue weighted by molar-refractivity contribution is 5.86. The zero-order valence-corrected chi connectivity index (χ0v) is 15.4. The minimum Gasteiger partial charge on any atom is -0.481 e. The number of benzene rings is 2. The fraction of sp³-hybridized carbons (Fsp3) is 0.130. The molecule has 5 rings (SSSR count). The summed E-state index contributed by atoms with van der Waals surface area (Å²) in [4.78, 5) is 25.4. The van der Waals surface area contributed by atoms with Gasteiger partial charge in [0, 0.05) is 18.1 Å². The molecule has 0 fully saturated rings. The van der Waals surface area contributed by atoms with E-state index in [0.29, 0.717) is 16.9 Å². The molecule has 0 spiro atoms. The van der Waals surface area contributed by atoms with Gasteiger partial charge in [0.05, 0.1) is 5.56 Å². The van der Waals surface area contributed by atoms with E-state index in [2.05, 4.69) is 0 Å². The van der Waals surface area contributed by atoms with Crippen molar-refractivity contribution in [3.8, 4) is 17.1 Å². The normalized spacial score (nSPS) is 17.9. The first kappa shape index (κ1) is 17.4. The molecule has 1 unspecified atom stereocenters.